The van der Waals surface area contributed by atoms with Gasteiger partial charge in [-0.25, -0.2) is 4.98 Å². The van der Waals surface area contributed by atoms with Gasteiger partial charge in [0.15, 0.2) is 0 Å². The molecule has 9 heteroatoms. The Morgan fingerprint density at radius 3 is 2.88 bits per heavy atom. The Labute approximate surface area is 144 Å². The quantitative estimate of drug-likeness (QED) is 0.710. The fourth-order valence-corrected chi connectivity index (χ4v) is 3.93. The molecule has 0 aliphatic carbocycles. The smallest absolute Gasteiger partial charge is 0.263 e. The summed E-state index contributed by atoms with van der Waals surface area (Å²) >= 11 is 2.92. The van der Waals surface area contributed by atoms with E-state index in [4.69, 9.17) is 5.73 Å². The van der Waals surface area contributed by atoms with Crippen LogP contribution in [0.15, 0.2) is 34.0 Å². The van der Waals surface area contributed by atoms with Crippen molar-refractivity contribution in [1.29, 1.82) is 0 Å². The zero-order valence-corrected chi connectivity index (χ0v) is 14.3. The Hall–Kier alpha value is -2.52. The molecule has 0 spiro atoms. The molecule has 2 amide bonds. The molecule has 124 valence electrons. The predicted octanol–water partition coefficient (Wildman–Crippen LogP) is 1.18. The predicted molar refractivity (Wildman–Crippen MR) is 94.0 cm³/mol. The van der Waals surface area contributed by atoms with Crippen LogP contribution in [0.5, 0.6) is 0 Å². The van der Waals surface area contributed by atoms with Crippen molar-refractivity contribution in [3.63, 3.8) is 0 Å². The highest BCUT2D eigenvalue weighted by Gasteiger charge is 2.17. The average Bonchev–Trinajstić information content (AvgIpc) is 3.18. The SMILES string of the molecule is CC(NC(=O)Cn1cnc2scc(-c3cccs3)c2c1=O)C(N)=O. The molecule has 0 aliphatic heterocycles. The van der Waals surface area contributed by atoms with E-state index in [0.29, 0.717) is 10.2 Å². The monoisotopic (exact) mass is 362 g/mol. The van der Waals surface area contributed by atoms with E-state index < -0.39 is 17.9 Å². The molecule has 0 saturated carbocycles. The van der Waals surface area contributed by atoms with Gasteiger partial charge in [0.2, 0.25) is 11.8 Å². The second kappa shape index (κ2) is 6.54. The molecule has 0 fully saturated rings. The molecule has 1 unspecified atom stereocenters. The van der Waals surface area contributed by atoms with Gasteiger partial charge in [0, 0.05) is 15.8 Å². The van der Waals surface area contributed by atoms with Gasteiger partial charge < -0.3 is 11.1 Å². The van der Waals surface area contributed by atoms with E-state index in [0.717, 1.165) is 10.4 Å². The van der Waals surface area contributed by atoms with Crippen molar-refractivity contribution in [1.82, 2.24) is 14.9 Å². The number of hydrogen-bond acceptors (Lipinski definition) is 6. The molecule has 0 saturated heterocycles. The summed E-state index contributed by atoms with van der Waals surface area (Å²) in [6.45, 7) is 1.26. The zero-order valence-electron chi connectivity index (χ0n) is 12.7. The Morgan fingerprint density at radius 2 is 2.21 bits per heavy atom. The molecule has 3 rings (SSSR count). The summed E-state index contributed by atoms with van der Waals surface area (Å²) < 4.78 is 1.23. The topological polar surface area (TPSA) is 107 Å². The number of amides is 2. The Bertz CT molecular complexity index is 959. The van der Waals surface area contributed by atoms with Crippen LogP contribution < -0.4 is 16.6 Å². The van der Waals surface area contributed by atoms with Gasteiger partial charge in [-0.05, 0) is 18.4 Å². The standard InChI is InChI=1S/C15H14N4O3S2/c1-8(13(16)21)18-11(20)5-19-7-17-14-12(15(19)22)9(6-24-14)10-3-2-4-23-10/h2-4,6-8H,5H2,1H3,(H2,16,21)(H,18,20). The van der Waals surface area contributed by atoms with E-state index in [-0.39, 0.29) is 12.1 Å². The van der Waals surface area contributed by atoms with Crippen molar-refractivity contribution >= 4 is 44.7 Å². The normalized spacial score (nSPS) is 12.2. The van der Waals surface area contributed by atoms with E-state index in [2.05, 4.69) is 10.3 Å². The first kappa shape index (κ1) is 16.3. The summed E-state index contributed by atoms with van der Waals surface area (Å²) in [6, 6.07) is 3.05. The van der Waals surface area contributed by atoms with Gasteiger partial charge in [0.05, 0.1) is 11.7 Å². The first-order chi connectivity index (χ1) is 11.5. The zero-order chi connectivity index (χ0) is 17.3. The first-order valence-electron chi connectivity index (χ1n) is 7.06. The van der Waals surface area contributed by atoms with Crippen molar-refractivity contribution in [2.24, 2.45) is 5.73 Å². The second-order valence-corrected chi connectivity index (χ2v) is 6.98. The number of carbonyl (C=O) groups excluding carboxylic acids is 2. The lowest BCUT2D eigenvalue weighted by Gasteiger charge is -2.11. The van der Waals surface area contributed by atoms with Crippen molar-refractivity contribution in [3.8, 4) is 10.4 Å². The minimum atomic E-state index is -0.798. The van der Waals surface area contributed by atoms with E-state index >= 15 is 0 Å². The van der Waals surface area contributed by atoms with E-state index in [9.17, 15) is 14.4 Å². The number of nitrogens with two attached hydrogens (primary N) is 1. The summed E-state index contributed by atoms with van der Waals surface area (Å²) in [6.07, 6.45) is 1.34. The second-order valence-electron chi connectivity index (χ2n) is 5.18. The van der Waals surface area contributed by atoms with Gasteiger partial charge in [-0.15, -0.1) is 22.7 Å². The molecule has 3 heterocycles. The summed E-state index contributed by atoms with van der Waals surface area (Å²) in [5.41, 5.74) is 5.65. The molecule has 0 aliphatic rings. The van der Waals surface area contributed by atoms with Crippen LogP contribution in [0.4, 0.5) is 0 Å². The number of nitrogens with one attached hydrogen (secondary N) is 1. The van der Waals surface area contributed by atoms with Crippen molar-refractivity contribution < 1.29 is 9.59 Å². The lowest BCUT2D eigenvalue weighted by molar-refractivity contribution is -0.127. The molecule has 3 aromatic heterocycles. The number of thiophene rings is 2. The fraction of sp³-hybridized carbons (Fsp3) is 0.200. The molecule has 0 radical (unpaired) electrons. The summed E-state index contributed by atoms with van der Waals surface area (Å²) in [5, 5.41) is 6.77. The molecule has 0 bridgehead atoms. The van der Waals surface area contributed by atoms with Gasteiger partial charge in [0.25, 0.3) is 5.56 Å². The number of fused-ring (bicyclic) bond motifs is 1. The molecule has 24 heavy (non-hydrogen) atoms. The van der Waals surface area contributed by atoms with E-state index in [1.807, 2.05) is 22.9 Å². The maximum Gasteiger partial charge on any atom is 0.263 e. The maximum absolute atomic E-state index is 12.7. The van der Waals surface area contributed by atoms with Crippen molar-refractivity contribution in [3.05, 3.63) is 39.6 Å². The Kier molecular flexibility index (Phi) is 4.45. The summed E-state index contributed by atoms with van der Waals surface area (Å²) in [5.74, 6) is -1.11. The Morgan fingerprint density at radius 1 is 1.42 bits per heavy atom. The van der Waals surface area contributed by atoms with Gasteiger partial charge in [-0.2, -0.15) is 0 Å². The van der Waals surface area contributed by atoms with Crippen molar-refractivity contribution in [2.45, 2.75) is 19.5 Å². The largest absolute Gasteiger partial charge is 0.368 e. The third kappa shape index (κ3) is 3.08. The number of carbonyl (C=O) groups is 2. The van der Waals surface area contributed by atoms with Gasteiger partial charge in [0.1, 0.15) is 17.4 Å². The molecule has 7 nitrogen and oxygen atoms in total. The summed E-state index contributed by atoms with van der Waals surface area (Å²) in [4.78, 5) is 41.5. The molecule has 1 atom stereocenters. The Balaban J connectivity index is 1.94. The fourth-order valence-electron chi connectivity index (χ4n) is 2.21. The van der Waals surface area contributed by atoms with Crippen molar-refractivity contribution in [2.75, 3.05) is 0 Å². The lowest BCUT2D eigenvalue weighted by atomic mass is 10.2. The minimum Gasteiger partial charge on any atom is -0.368 e. The third-order valence-corrected chi connectivity index (χ3v) is 5.26. The van der Waals surface area contributed by atoms with Gasteiger partial charge >= 0.3 is 0 Å². The molecule has 3 N–H and O–H groups in total. The van der Waals surface area contributed by atoms with Gasteiger partial charge in [-0.1, -0.05) is 6.07 Å². The highest BCUT2D eigenvalue weighted by molar-refractivity contribution is 7.18. The summed E-state index contributed by atoms with van der Waals surface area (Å²) in [7, 11) is 0. The van der Waals surface area contributed by atoms with Crippen LogP contribution in [-0.4, -0.2) is 27.4 Å². The number of primary amides is 1. The van der Waals surface area contributed by atoms with Crippen LogP contribution in [0.2, 0.25) is 0 Å². The van der Waals surface area contributed by atoms with E-state index in [1.165, 1.54) is 40.5 Å². The first-order valence-corrected chi connectivity index (χ1v) is 8.82. The third-order valence-electron chi connectivity index (χ3n) is 3.47. The average molecular weight is 362 g/mol. The highest BCUT2D eigenvalue weighted by Crippen LogP contribution is 2.33. The van der Waals surface area contributed by atoms with Crippen LogP contribution in [0.3, 0.4) is 0 Å². The van der Waals surface area contributed by atoms with Crippen LogP contribution in [0.1, 0.15) is 6.92 Å². The number of rotatable bonds is 5. The van der Waals surface area contributed by atoms with Crippen LogP contribution in [0.25, 0.3) is 20.7 Å². The van der Waals surface area contributed by atoms with Crippen LogP contribution in [0, 0.1) is 0 Å². The molecule has 3 aromatic rings. The molecular weight excluding hydrogens is 348 g/mol. The molecular formula is C15H14N4O3S2. The van der Waals surface area contributed by atoms with Crippen LogP contribution >= 0.6 is 22.7 Å². The van der Waals surface area contributed by atoms with E-state index in [1.54, 1.807) is 0 Å². The number of aromatic nitrogens is 2. The maximum atomic E-state index is 12.7. The lowest BCUT2D eigenvalue weighted by Crippen LogP contribution is -2.44. The van der Waals surface area contributed by atoms with Gasteiger partial charge in [-0.3, -0.25) is 19.0 Å². The molecule has 0 aromatic carbocycles. The number of hydrogen-bond donors (Lipinski definition) is 2. The minimum absolute atomic E-state index is 0.223. The number of nitrogens with zero attached hydrogens (tertiary/aromatic N) is 2. The highest BCUT2D eigenvalue weighted by atomic mass is 32.1. The van der Waals surface area contributed by atoms with Crippen LogP contribution in [-0.2, 0) is 16.1 Å².